The van der Waals surface area contributed by atoms with Gasteiger partial charge in [0, 0.05) is 0 Å². The first-order valence-corrected chi connectivity index (χ1v) is 15.2. The van der Waals surface area contributed by atoms with E-state index in [1.54, 1.807) is 5.56 Å². The van der Waals surface area contributed by atoms with Crippen LogP contribution in [0.5, 0.6) is 0 Å². The van der Waals surface area contributed by atoms with Crippen molar-refractivity contribution in [2.45, 2.75) is 122 Å². The van der Waals surface area contributed by atoms with Gasteiger partial charge in [-0.3, -0.25) is 0 Å². The minimum absolute atomic E-state index is 0.789. The Bertz CT molecular complexity index is 737. The van der Waals surface area contributed by atoms with Gasteiger partial charge in [0.25, 0.3) is 0 Å². The van der Waals surface area contributed by atoms with E-state index in [-0.39, 0.29) is 0 Å². The summed E-state index contributed by atoms with van der Waals surface area (Å²) in [5.74, 6) is 5.29. The van der Waals surface area contributed by atoms with Gasteiger partial charge >= 0.3 is 0 Å². The Labute approximate surface area is 211 Å². The molecule has 0 aromatic heterocycles. The van der Waals surface area contributed by atoms with Crippen molar-refractivity contribution in [2.75, 3.05) is 0 Å². The van der Waals surface area contributed by atoms with Crippen LogP contribution in [-0.2, 0) is 0 Å². The fraction of sp³-hybridized carbons (Fsp3) is 0.706. The number of allylic oxidation sites excluding steroid dienone is 3. The van der Waals surface area contributed by atoms with E-state index in [0.29, 0.717) is 0 Å². The normalized spacial score (nSPS) is 32.3. The average Bonchev–Trinajstić information content (AvgIpc) is 2.89. The molecule has 2 unspecified atom stereocenters. The third-order valence-corrected chi connectivity index (χ3v) is 9.61. The molecule has 0 aliphatic heterocycles. The number of hydrogen-bond acceptors (Lipinski definition) is 0. The van der Waals surface area contributed by atoms with Crippen molar-refractivity contribution in [3.8, 4) is 0 Å². The lowest BCUT2D eigenvalue weighted by Gasteiger charge is -2.35. The molecular weight excluding hydrogens is 408 g/mol. The highest BCUT2D eigenvalue weighted by atomic mass is 14.3. The van der Waals surface area contributed by atoms with Gasteiger partial charge in [0.05, 0.1) is 0 Å². The van der Waals surface area contributed by atoms with E-state index in [4.69, 9.17) is 0 Å². The molecule has 1 aromatic rings. The van der Waals surface area contributed by atoms with E-state index in [9.17, 15) is 0 Å². The number of hydrogen-bond donors (Lipinski definition) is 0. The molecule has 0 N–H and O–H groups in total. The molecule has 0 saturated heterocycles. The highest BCUT2D eigenvalue weighted by molar-refractivity contribution is 5.50. The standard InChI is InChI=1S/C34H52/c1-3-5-6-8-28-15-19-31(20-16-28)33-23-25-34(26-24-33)32-21-17-30(18-22-32)14-13-29-11-9-27(7-4-2)10-12-29/h13-15,17-19,21-22,27-29,31,33-34H,3-12,16,20,23-26H2,1-2H3/b14-13+. The van der Waals surface area contributed by atoms with E-state index >= 15 is 0 Å². The molecular formula is C34H52. The van der Waals surface area contributed by atoms with Gasteiger partial charge in [-0.05, 0) is 117 Å². The van der Waals surface area contributed by atoms with Crippen molar-refractivity contribution in [2.24, 2.45) is 29.6 Å². The Kier molecular flexibility index (Phi) is 10.4. The maximum Gasteiger partial charge on any atom is -0.0162 e. The van der Waals surface area contributed by atoms with E-state index in [0.717, 1.165) is 35.5 Å². The molecule has 188 valence electrons. The van der Waals surface area contributed by atoms with Gasteiger partial charge in [0.2, 0.25) is 0 Å². The molecule has 34 heavy (non-hydrogen) atoms. The van der Waals surface area contributed by atoms with Crippen molar-refractivity contribution in [3.05, 3.63) is 53.6 Å². The van der Waals surface area contributed by atoms with Crippen LogP contribution in [0, 0.1) is 29.6 Å². The van der Waals surface area contributed by atoms with E-state index in [2.05, 4.69) is 62.4 Å². The molecule has 3 aliphatic carbocycles. The molecule has 0 spiro atoms. The summed E-state index contributed by atoms with van der Waals surface area (Å²) >= 11 is 0. The van der Waals surface area contributed by atoms with Gasteiger partial charge in [-0.2, -0.15) is 0 Å². The Morgan fingerprint density at radius 3 is 2.12 bits per heavy atom. The zero-order valence-corrected chi connectivity index (χ0v) is 22.4. The molecule has 4 rings (SSSR count). The molecule has 1 aromatic carbocycles. The first-order valence-electron chi connectivity index (χ1n) is 15.2. The van der Waals surface area contributed by atoms with Crippen LogP contribution in [0.2, 0.25) is 0 Å². The highest BCUT2D eigenvalue weighted by Crippen LogP contribution is 2.42. The van der Waals surface area contributed by atoms with Crippen LogP contribution in [0.3, 0.4) is 0 Å². The van der Waals surface area contributed by atoms with Gasteiger partial charge < -0.3 is 0 Å². The zero-order valence-electron chi connectivity index (χ0n) is 22.4. The van der Waals surface area contributed by atoms with Crippen LogP contribution in [-0.4, -0.2) is 0 Å². The fourth-order valence-electron chi connectivity index (χ4n) is 7.27. The summed E-state index contributed by atoms with van der Waals surface area (Å²) in [5, 5.41) is 0. The smallest absolute Gasteiger partial charge is 0.0162 e. The second-order valence-electron chi connectivity index (χ2n) is 12.1. The maximum atomic E-state index is 2.63. The van der Waals surface area contributed by atoms with Crippen LogP contribution >= 0.6 is 0 Å². The molecule has 0 heterocycles. The lowest BCUT2D eigenvalue weighted by Crippen LogP contribution is -2.22. The van der Waals surface area contributed by atoms with Gasteiger partial charge in [-0.15, -0.1) is 0 Å². The topological polar surface area (TPSA) is 0 Å². The molecule has 3 aliphatic rings. The van der Waals surface area contributed by atoms with E-state index in [1.165, 1.54) is 108 Å². The molecule has 0 nitrogen and oxygen atoms in total. The molecule has 2 saturated carbocycles. The van der Waals surface area contributed by atoms with Crippen molar-refractivity contribution < 1.29 is 0 Å². The van der Waals surface area contributed by atoms with E-state index < -0.39 is 0 Å². The summed E-state index contributed by atoms with van der Waals surface area (Å²) in [5.41, 5.74) is 2.99. The lowest BCUT2D eigenvalue weighted by molar-refractivity contribution is 0.239. The second kappa shape index (κ2) is 13.7. The number of benzene rings is 1. The first kappa shape index (κ1) is 25.8. The summed E-state index contributed by atoms with van der Waals surface area (Å²) in [6.45, 7) is 4.65. The predicted octanol–water partition coefficient (Wildman–Crippen LogP) is 10.7. The van der Waals surface area contributed by atoms with Gasteiger partial charge in [-0.1, -0.05) is 94.5 Å². The monoisotopic (exact) mass is 460 g/mol. The van der Waals surface area contributed by atoms with Crippen molar-refractivity contribution in [1.29, 1.82) is 0 Å². The number of unbranched alkanes of at least 4 members (excludes halogenated alkanes) is 2. The number of rotatable bonds is 10. The maximum absolute atomic E-state index is 2.63. The van der Waals surface area contributed by atoms with Crippen molar-refractivity contribution in [3.63, 3.8) is 0 Å². The van der Waals surface area contributed by atoms with Crippen LogP contribution in [0.25, 0.3) is 6.08 Å². The molecule has 0 amide bonds. The SMILES string of the molecule is CCCCCC1C=CC(C2CCC(c3ccc(/C=C/C4CCC(CCC)CC4)cc3)CC2)CC1. The quantitative estimate of drug-likeness (QED) is 0.240. The van der Waals surface area contributed by atoms with Crippen molar-refractivity contribution in [1.82, 2.24) is 0 Å². The van der Waals surface area contributed by atoms with Crippen LogP contribution in [0.4, 0.5) is 0 Å². The molecule has 0 bridgehead atoms. The summed E-state index contributed by atoms with van der Waals surface area (Å²) in [6.07, 6.45) is 32.8. The summed E-state index contributed by atoms with van der Waals surface area (Å²) in [6, 6.07) is 9.63. The van der Waals surface area contributed by atoms with Crippen LogP contribution in [0.15, 0.2) is 42.5 Å². The summed E-state index contributed by atoms with van der Waals surface area (Å²) in [7, 11) is 0. The Morgan fingerprint density at radius 2 is 1.47 bits per heavy atom. The zero-order chi connectivity index (χ0) is 23.6. The van der Waals surface area contributed by atoms with E-state index in [1.807, 2.05) is 0 Å². The third-order valence-electron chi connectivity index (χ3n) is 9.61. The van der Waals surface area contributed by atoms with Crippen LogP contribution < -0.4 is 0 Å². The molecule has 0 radical (unpaired) electrons. The average molecular weight is 461 g/mol. The largest absolute Gasteiger partial charge is 0.0851 e. The fourth-order valence-corrected chi connectivity index (χ4v) is 7.27. The molecule has 2 fully saturated rings. The predicted molar refractivity (Wildman–Crippen MR) is 150 cm³/mol. The molecule has 2 atom stereocenters. The highest BCUT2D eigenvalue weighted by Gasteiger charge is 2.29. The summed E-state index contributed by atoms with van der Waals surface area (Å²) in [4.78, 5) is 0. The minimum Gasteiger partial charge on any atom is -0.0851 e. The van der Waals surface area contributed by atoms with Gasteiger partial charge in [-0.25, -0.2) is 0 Å². The minimum atomic E-state index is 0.789. The second-order valence-corrected chi connectivity index (χ2v) is 12.1. The van der Waals surface area contributed by atoms with Gasteiger partial charge in [0.1, 0.15) is 0 Å². The van der Waals surface area contributed by atoms with Crippen molar-refractivity contribution >= 4 is 6.08 Å². The lowest BCUT2D eigenvalue weighted by atomic mass is 9.70. The first-order chi connectivity index (χ1) is 16.7. The van der Waals surface area contributed by atoms with Gasteiger partial charge in [0.15, 0.2) is 0 Å². The third kappa shape index (κ3) is 7.60. The Hall–Kier alpha value is -1.30. The summed E-state index contributed by atoms with van der Waals surface area (Å²) < 4.78 is 0. The Balaban J connectivity index is 1.19. The van der Waals surface area contributed by atoms with Crippen LogP contribution in [0.1, 0.15) is 134 Å². The molecule has 0 heteroatoms. The Morgan fingerprint density at radius 1 is 0.706 bits per heavy atom.